The molecule has 0 aliphatic rings. The van der Waals surface area contributed by atoms with Gasteiger partial charge in [0.2, 0.25) is 0 Å². The van der Waals surface area contributed by atoms with Crippen molar-refractivity contribution < 1.29 is 9.53 Å². The van der Waals surface area contributed by atoms with Crippen molar-refractivity contribution in [1.82, 2.24) is 29.5 Å². The Bertz CT molecular complexity index is 1570. The highest BCUT2D eigenvalue weighted by atomic mass is 16.5. The van der Waals surface area contributed by atoms with Gasteiger partial charge in [0.15, 0.2) is 0 Å². The molecule has 9 nitrogen and oxygen atoms in total. The maximum absolute atomic E-state index is 12.8. The minimum Gasteiger partial charge on any atom is -0.457 e. The third-order valence-corrected chi connectivity index (χ3v) is 5.86. The smallest absolute Gasteiger partial charge is 0.273 e. The lowest BCUT2D eigenvalue weighted by atomic mass is 10.2. The predicted molar refractivity (Wildman–Crippen MR) is 140 cm³/mol. The number of anilines is 1. The summed E-state index contributed by atoms with van der Waals surface area (Å²) in [5.74, 6) is 2.01. The highest BCUT2D eigenvalue weighted by Crippen LogP contribution is 2.28. The number of ether oxygens (including phenoxy) is 1. The predicted octanol–water partition coefficient (Wildman–Crippen LogP) is 5.34. The molecule has 0 aliphatic carbocycles. The molecule has 0 radical (unpaired) electrons. The number of aryl methyl sites for hydroxylation is 4. The average molecular weight is 482 g/mol. The van der Waals surface area contributed by atoms with Crippen molar-refractivity contribution in [2.45, 2.75) is 27.3 Å². The van der Waals surface area contributed by atoms with Gasteiger partial charge in [-0.05, 0) is 63.3 Å². The molecule has 0 saturated carbocycles. The van der Waals surface area contributed by atoms with Gasteiger partial charge in [0, 0.05) is 43.0 Å². The Hall–Kier alpha value is -4.66. The molecule has 5 rings (SSSR count). The summed E-state index contributed by atoms with van der Waals surface area (Å²) in [5.41, 5.74) is 4.53. The number of aromatic nitrogens is 6. The molecule has 0 atom stereocenters. The van der Waals surface area contributed by atoms with Crippen LogP contribution in [0.5, 0.6) is 11.5 Å². The Balaban J connectivity index is 1.30. The van der Waals surface area contributed by atoms with E-state index >= 15 is 0 Å². The third-order valence-electron chi connectivity index (χ3n) is 5.86. The molecule has 0 unspecified atom stereocenters. The van der Waals surface area contributed by atoms with Gasteiger partial charge in [0.25, 0.3) is 5.91 Å². The first-order valence-corrected chi connectivity index (χ1v) is 11.7. The van der Waals surface area contributed by atoms with Crippen LogP contribution in [0.3, 0.4) is 0 Å². The molecule has 0 spiro atoms. The zero-order valence-corrected chi connectivity index (χ0v) is 20.6. The normalized spacial score (nSPS) is 11.4. The van der Waals surface area contributed by atoms with Crippen LogP contribution in [0.25, 0.3) is 23.1 Å². The summed E-state index contributed by atoms with van der Waals surface area (Å²) in [4.78, 5) is 17.2. The van der Waals surface area contributed by atoms with Gasteiger partial charge in [-0.2, -0.15) is 10.2 Å². The van der Waals surface area contributed by atoms with E-state index < -0.39 is 0 Å². The Morgan fingerprint density at radius 2 is 1.94 bits per heavy atom. The first-order valence-electron chi connectivity index (χ1n) is 11.7. The second-order valence-corrected chi connectivity index (χ2v) is 8.54. The number of amides is 1. The molecular weight excluding hydrogens is 454 g/mol. The lowest BCUT2D eigenvalue weighted by Crippen LogP contribution is -2.17. The topological polar surface area (TPSA) is 103 Å². The first kappa shape index (κ1) is 23.1. The summed E-state index contributed by atoms with van der Waals surface area (Å²) in [6.07, 6.45) is 5.86. The molecule has 36 heavy (non-hydrogen) atoms. The number of hydrogen-bond donors (Lipinski definition) is 2. The van der Waals surface area contributed by atoms with Crippen LogP contribution in [0.4, 0.5) is 5.69 Å². The van der Waals surface area contributed by atoms with Crippen molar-refractivity contribution in [1.29, 1.82) is 0 Å². The number of H-pyrrole nitrogens is 1. The molecule has 2 N–H and O–H groups in total. The van der Waals surface area contributed by atoms with E-state index in [-0.39, 0.29) is 5.91 Å². The minimum absolute atomic E-state index is 0.213. The van der Waals surface area contributed by atoms with Gasteiger partial charge < -0.3 is 14.6 Å². The zero-order chi connectivity index (χ0) is 25.2. The van der Waals surface area contributed by atoms with Crippen molar-refractivity contribution in [2.24, 2.45) is 7.05 Å². The van der Waals surface area contributed by atoms with E-state index in [1.807, 2.05) is 87.1 Å². The van der Waals surface area contributed by atoms with Gasteiger partial charge in [-0.1, -0.05) is 6.07 Å². The van der Waals surface area contributed by atoms with Gasteiger partial charge in [-0.3, -0.25) is 14.6 Å². The lowest BCUT2D eigenvalue weighted by molar-refractivity contribution is 0.101. The van der Waals surface area contributed by atoms with Gasteiger partial charge in [-0.25, -0.2) is 4.98 Å². The maximum Gasteiger partial charge on any atom is 0.273 e. The number of nitrogens with zero attached hydrogens (tertiary/aromatic N) is 5. The molecule has 9 heteroatoms. The number of benzene rings is 2. The maximum atomic E-state index is 12.8. The number of carbonyl (C=O) groups is 1. The van der Waals surface area contributed by atoms with E-state index in [1.165, 1.54) is 0 Å². The molecule has 0 fully saturated rings. The SMILES string of the molecule is CCn1nc(C)cc1C(=O)Nc1cccc(Oc2ccc3c(C=Cc4cn(C)c(C)n4)n[nH]c3c2)c1. The molecule has 0 aliphatic heterocycles. The van der Waals surface area contributed by atoms with E-state index in [4.69, 9.17) is 4.74 Å². The van der Waals surface area contributed by atoms with E-state index in [9.17, 15) is 4.79 Å². The van der Waals surface area contributed by atoms with Crippen LogP contribution in [0.2, 0.25) is 0 Å². The Kier molecular flexibility index (Phi) is 6.12. The molecule has 5 aromatic rings. The second-order valence-electron chi connectivity index (χ2n) is 8.54. The molecule has 0 saturated heterocycles. The van der Waals surface area contributed by atoms with Gasteiger partial charge in [-0.15, -0.1) is 0 Å². The lowest BCUT2D eigenvalue weighted by Gasteiger charge is -2.10. The monoisotopic (exact) mass is 481 g/mol. The Morgan fingerprint density at radius 1 is 1.11 bits per heavy atom. The zero-order valence-electron chi connectivity index (χ0n) is 20.6. The summed E-state index contributed by atoms with van der Waals surface area (Å²) >= 11 is 0. The standard InChI is InChI=1S/C27H27N7O2/c1-5-34-26(13-17(2)32-34)27(35)29-19-7-6-8-21(14-19)36-22-10-11-23-24(30-31-25(23)15-22)12-9-20-16-33(4)18(3)28-20/h6-16H,5H2,1-4H3,(H,29,35)(H,30,31). The third kappa shape index (κ3) is 4.76. The van der Waals surface area contributed by atoms with Gasteiger partial charge >= 0.3 is 0 Å². The van der Waals surface area contributed by atoms with E-state index in [2.05, 4.69) is 25.6 Å². The van der Waals surface area contributed by atoms with Crippen LogP contribution >= 0.6 is 0 Å². The average Bonchev–Trinajstić information content (AvgIpc) is 3.54. The summed E-state index contributed by atoms with van der Waals surface area (Å²) in [6, 6.07) is 14.8. The number of nitrogens with one attached hydrogen (secondary N) is 2. The van der Waals surface area contributed by atoms with Crippen molar-refractivity contribution in [2.75, 3.05) is 5.32 Å². The number of imidazole rings is 1. The van der Waals surface area contributed by atoms with Crippen molar-refractivity contribution in [3.63, 3.8) is 0 Å². The van der Waals surface area contributed by atoms with E-state index in [1.54, 1.807) is 16.8 Å². The van der Waals surface area contributed by atoms with Gasteiger partial charge in [0.05, 0.1) is 22.6 Å². The van der Waals surface area contributed by atoms with Crippen LogP contribution < -0.4 is 10.1 Å². The molecule has 0 bridgehead atoms. The number of fused-ring (bicyclic) bond motifs is 1. The molecule has 182 valence electrons. The number of aromatic amines is 1. The number of carbonyl (C=O) groups excluding carboxylic acids is 1. The highest BCUT2D eigenvalue weighted by Gasteiger charge is 2.14. The Labute approximate surface area is 208 Å². The number of hydrogen-bond acceptors (Lipinski definition) is 5. The first-order chi connectivity index (χ1) is 17.4. The fourth-order valence-corrected chi connectivity index (χ4v) is 3.98. The highest BCUT2D eigenvalue weighted by molar-refractivity contribution is 6.03. The molecular formula is C27H27N7O2. The van der Waals surface area contributed by atoms with Crippen molar-refractivity contribution in [3.05, 3.63) is 83.3 Å². The number of rotatable bonds is 7. The van der Waals surface area contributed by atoms with E-state index in [0.29, 0.717) is 29.4 Å². The van der Waals surface area contributed by atoms with Crippen molar-refractivity contribution in [3.8, 4) is 11.5 Å². The summed E-state index contributed by atoms with van der Waals surface area (Å²) in [6.45, 7) is 6.41. The fraction of sp³-hybridized carbons (Fsp3) is 0.185. The summed E-state index contributed by atoms with van der Waals surface area (Å²) in [7, 11) is 1.97. The molecule has 3 aromatic heterocycles. The van der Waals surface area contributed by atoms with Crippen LogP contribution in [0.15, 0.2) is 54.7 Å². The van der Waals surface area contributed by atoms with Crippen LogP contribution in [-0.4, -0.2) is 35.4 Å². The van der Waals surface area contributed by atoms with E-state index in [0.717, 1.165) is 33.8 Å². The molecule has 1 amide bonds. The molecule has 2 aromatic carbocycles. The second kappa shape index (κ2) is 9.53. The quantitative estimate of drug-likeness (QED) is 0.326. The fourth-order valence-electron chi connectivity index (χ4n) is 3.98. The van der Waals surface area contributed by atoms with Crippen molar-refractivity contribution >= 4 is 34.6 Å². The Morgan fingerprint density at radius 3 is 2.72 bits per heavy atom. The summed E-state index contributed by atoms with van der Waals surface area (Å²) < 4.78 is 9.74. The minimum atomic E-state index is -0.213. The summed E-state index contributed by atoms with van der Waals surface area (Å²) in [5, 5.41) is 15.7. The largest absolute Gasteiger partial charge is 0.457 e. The van der Waals surface area contributed by atoms with Crippen LogP contribution in [0.1, 0.15) is 40.3 Å². The van der Waals surface area contributed by atoms with Crippen LogP contribution in [-0.2, 0) is 13.6 Å². The molecule has 3 heterocycles. The van der Waals surface area contributed by atoms with Gasteiger partial charge in [0.1, 0.15) is 23.0 Å². The van der Waals surface area contributed by atoms with Crippen LogP contribution in [0, 0.1) is 13.8 Å².